The molecule has 1 aromatic carbocycles. The van der Waals surface area contributed by atoms with Crippen LogP contribution in [0.3, 0.4) is 0 Å². The van der Waals surface area contributed by atoms with Gasteiger partial charge >= 0.3 is 0 Å². The first-order valence-corrected chi connectivity index (χ1v) is 9.50. The number of hydrogen-bond acceptors (Lipinski definition) is 3. The molecule has 6 heteroatoms. The van der Waals surface area contributed by atoms with Crippen molar-refractivity contribution in [2.24, 2.45) is 11.8 Å². The van der Waals surface area contributed by atoms with Crippen LogP contribution in [0.2, 0.25) is 0 Å². The lowest BCUT2D eigenvalue weighted by atomic mass is 9.84. The number of hydrogen-bond donors (Lipinski definition) is 2. The Labute approximate surface area is 162 Å². The molecule has 2 aliphatic rings. The molecule has 2 heterocycles. The van der Waals surface area contributed by atoms with Crippen molar-refractivity contribution in [2.45, 2.75) is 45.6 Å². The van der Waals surface area contributed by atoms with Crippen LogP contribution in [0.5, 0.6) is 0 Å². The van der Waals surface area contributed by atoms with Crippen LogP contribution in [0, 0.1) is 11.8 Å². The molecule has 2 fully saturated rings. The summed E-state index contributed by atoms with van der Waals surface area (Å²) >= 11 is 0. The molecular weight excluding hydrogens is 350 g/mol. The zero-order valence-electron chi connectivity index (χ0n) is 15.5. The molecule has 5 nitrogen and oxygen atoms in total. The standard InChI is InChI=1S/C20H29N3O2.ClH/c1-15(17-7-9-21-10-8-17)12-19(24)22-14-16-4-2-5-18(13-16)23-11-3-6-20(23)25;/h2,4-5,13,15,17,21H,3,6-12,14H2,1H3,(H,22,24);1H. The van der Waals surface area contributed by atoms with E-state index in [1.165, 1.54) is 12.8 Å². The highest BCUT2D eigenvalue weighted by Crippen LogP contribution is 2.24. The minimum absolute atomic E-state index is 0. The average Bonchev–Trinajstić information content (AvgIpc) is 3.07. The summed E-state index contributed by atoms with van der Waals surface area (Å²) in [5.41, 5.74) is 1.98. The summed E-state index contributed by atoms with van der Waals surface area (Å²) in [5, 5.41) is 6.41. The fraction of sp³-hybridized carbons (Fsp3) is 0.600. The average molecular weight is 380 g/mol. The number of nitrogens with one attached hydrogen (secondary N) is 2. The van der Waals surface area contributed by atoms with Gasteiger partial charge in [-0.25, -0.2) is 0 Å². The molecule has 1 unspecified atom stereocenters. The van der Waals surface area contributed by atoms with Gasteiger partial charge in [-0.05, 0) is 61.9 Å². The number of carbonyl (C=O) groups is 2. The summed E-state index contributed by atoms with van der Waals surface area (Å²) in [6, 6.07) is 7.94. The molecule has 2 N–H and O–H groups in total. The van der Waals surface area contributed by atoms with Crippen molar-refractivity contribution in [1.29, 1.82) is 0 Å². The molecule has 0 radical (unpaired) electrons. The second-order valence-corrected chi connectivity index (χ2v) is 7.36. The maximum atomic E-state index is 12.3. The fourth-order valence-electron chi connectivity index (χ4n) is 3.90. The maximum absolute atomic E-state index is 12.3. The summed E-state index contributed by atoms with van der Waals surface area (Å²) in [6.07, 6.45) is 4.49. The highest BCUT2D eigenvalue weighted by molar-refractivity contribution is 5.95. The predicted molar refractivity (Wildman–Crippen MR) is 106 cm³/mol. The molecule has 2 aliphatic heterocycles. The van der Waals surface area contributed by atoms with E-state index in [-0.39, 0.29) is 24.2 Å². The van der Waals surface area contributed by atoms with Gasteiger partial charge in [0, 0.05) is 31.6 Å². The number of piperidine rings is 1. The van der Waals surface area contributed by atoms with Crippen molar-refractivity contribution in [1.82, 2.24) is 10.6 Å². The van der Waals surface area contributed by atoms with Gasteiger partial charge in [0.05, 0.1) is 0 Å². The lowest BCUT2D eigenvalue weighted by Crippen LogP contribution is -2.33. The molecule has 0 saturated carbocycles. The molecule has 0 aromatic heterocycles. The predicted octanol–water partition coefficient (Wildman–Crippen LogP) is 2.88. The van der Waals surface area contributed by atoms with Crippen molar-refractivity contribution in [2.75, 3.05) is 24.5 Å². The van der Waals surface area contributed by atoms with Gasteiger partial charge in [0.15, 0.2) is 0 Å². The molecule has 0 bridgehead atoms. The van der Waals surface area contributed by atoms with Gasteiger partial charge in [-0.1, -0.05) is 19.1 Å². The van der Waals surface area contributed by atoms with E-state index in [9.17, 15) is 9.59 Å². The minimum atomic E-state index is 0. The number of benzene rings is 1. The Morgan fingerprint density at radius 1 is 1.35 bits per heavy atom. The molecule has 0 aliphatic carbocycles. The van der Waals surface area contributed by atoms with Crippen LogP contribution in [-0.2, 0) is 16.1 Å². The quantitative estimate of drug-likeness (QED) is 0.798. The maximum Gasteiger partial charge on any atom is 0.227 e. The Morgan fingerprint density at radius 2 is 2.12 bits per heavy atom. The van der Waals surface area contributed by atoms with Crippen molar-refractivity contribution in [3.8, 4) is 0 Å². The van der Waals surface area contributed by atoms with E-state index in [2.05, 4.69) is 17.6 Å². The van der Waals surface area contributed by atoms with E-state index in [0.717, 1.165) is 37.3 Å². The first kappa shape index (κ1) is 20.7. The summed E-state index contributed by atoms with van der Waals surface area (Å²) in [4.78, 5) is 26.0. The van der Waals surface area contributed by atoms with Crippen LogP contribution in [-0.4, -0.2) is 31.4 Å². The Kier molecular flexibility index (Phi) is 7.91. The van der Waals surface area contributed by atoms with Crippen LogP contribution in [0.15, 0.2) is 24.3 Å². The third-order valence-electron chi connectivity index (χ3n) is 5.48. The molecular formula is C20H30ClN3O2. The van der Waals surface area contributed by atoms with E-state index in [1.807, 2.05) is 29.2 Å². The van der Waals surface area contributed by atoms with Crippen molar-refractivity contribution < 1.29 is 9.59 Å². The number of amides is 2. The van der Waals surface area contributed by atoms with Crippen molar-refractivity contribution >= 4 is 29.9 Å². The van der Waals surface area contributed by atoms with Gasteiger partial charge in [-0.15, -0.1) is 12.4 Å². The fourth-order valence-corrected chi connectivity index (χ4v) is 3.90. The summed E-state index contributed by atoms with van der Waals surface area (Å²) in [6.45, 7) is 5.64. The van der Waals surface area contributed by atoms with Gasteiger partial charge in [-0.3, -0.25) is 9.59 Å². The number of anilines is 1. The summed E-state index contributed by atoms with van der Waals surface area (Å²) < 4.78 is 0. The van der Waals surface area contributed by atoms with E-state index in [4.69, 9.17) is 0 Å². The van der Waals surface area contributed by atoms with Crippen LogP contribution >= 0.6 is 12.4 Å². The first-order chi connectivity index (χ1) is 12.1. The zero-order chi connectivity index (χ0) is 17.6. The minimum Gasteiger partial charge on any atom is -0.352 e. The van der Waals surface area contributed by atoms with Gasteiger partial charge in [-0.2, -0.15) is 0 Å². The third kappa shape index (κ3) is 5.45. The highest BCUT2D eigenvalue weighted by atomic mass is 35.5. The van der Waals surface area contributed by atoms with E-state index in [0.29, 0.717) is 31.2 Å². The first-order valence-electron chi connectivity index (χ1n) is 9.50. The third-order valence-corrected chi connectivity index (χ3v) is 5.48. The second kappa shape index (κ2) is 9.93. The van der Waals surface area contributed by atoms with Crippen LogP contribution in [0.4, 0.5) is 5.69 Å². The monoisotopic (exact) mass is 379 g/mol. The lowest BCUT2D eigenvalue weighted by Gasteiger charge is -2.27. The smallest absolute Gasteiger partial charge is 0.227 e. The van der Waals surface area contributed by atoms with Gasteiger partial charge in [0.25, 0.3) is 0 Å². The SMILES string of the molecule is CC(CC(=O)NCc1cccc(N2CCCC2=O)c1)C1CCNCC1.Cl. The van der Waals surface area contributed by atoms with Crippen LogP contribution < -0.4 is 15.5 Å². The summed E-state index contributed by atoms with van der Waals surface area (Å²) in [7, 11) is 0. The van der Waals surface area contributed by atoms with Crippen LogP contribution in [0.25, 0.3) is 0 Å². The number of carbonyl (C=O) groups excluding carboxylic acids is 2. The van der Waals surface area contributed by atoms with Crippen LogP contribution in [0.1, 0.15) is 44.6 Å². The highest BCUT2D eigenvalue weighted by Gasteiger charge is 2.23. The molecule has 3 rings (SSSR count). The normalized spacial score (nSPS) is 19.1. The zero-order valence-corrected chi connectivity index (χ0v) is 16.3. The largest absolute Gasteiger partial charge is 0.352 e. The molecule has 2 amide bonds. The van der Waals surface area contributed by atoms with Gasteiger partial charge in [0.1, 0.15) is 0 Å². The lowest BCUT2D eigenvalue weighted by molar-refractivity contribution is -0.122. The number of halogens is 1. The Bertz CT molecular complexity index is 617. The number of nitrogens with zero attached hydrogens (tertiary/aromatic N) is 1. The van der Waals surface area contributed by atoms with Crippen molar-refractivity contribution in [3.05, 3.63) is 29.8 Å². The number of rotatable bonds is 6. The van der Waals surface area contributed by atoms with E-state index >= 15 is 0 Å². The van der Waals surface area contributed by atoms with E-state index < -0.39 is 0 Å². The van der Waals surface area contributed by atoms with Crippen molar-refractivity contribution in [3.63, 3.8) is 0 Å². The molecule has 144 valence electrons. The molecule has 0 spiro atoms. The Balaban J connectivity index is 0.00000243. The molecule has 1 aromatic rings. The van der Waals surface area contributed by atoms with Gasteiger partial charge < -0.3 is 15.5 Å². The Hall–Kier alpha value is -1.59. The van der Waals surface area contributed by atoms with Gasteiger partial charge in [0.2, 0.25) is 11.8 Å². The molecule has 1 atom stereocenters. The Morgan fingerprint density at radius 3 is 2.81 bits per heavy atom. The van der Waals surface area contributed by atoms with E-state index in [1.54, 1.807) is 0 Å². The molecule has 26 heavy (non-hydrogen) atoms. The second-order valence-electron chi connectivity index (χ2n) is 7.36. The molecule has 2 saturated heterocycles. The topological polar surface area (TPSA) is 61.4 Å². The summed E-state index contributed by atoms with van der Waals surface area (Å²) in [5.74, 6) is 1.39.